The van der Waals surface area contributed by atoms with Crippen LogP contribution in [-0.2, 0) is 10.3 Å². The standard InChI is InChI=1S/C9H17N3O3S.C3H8/c1-9(10)4-2-8(3-5-9)11-6-7-12-16(13,14)15;1-3-2/h2-4,11-12H,5-7,10H2,1H3,(H,13,14,15);3H2,1-2H3. The first-order valence-corrected chi connectivity index (χ1v) is 7.78. The first-order chi connectivity index (χ1) is 8.70. The Labute approximate surface area is 116 Å². The highest BCUT2D eigenvalue weighted by Crippen LogP contribution is 2.15. The van der Waals surface area contributed by atoms with Crippen LogP contribution in [0.4, 0.5) is 0 Å². The SMILES string of the molecule is CC1(N)C=CC(NCCNS(=O)(=O)O)=CC1.CCC. The molecule has 112 valence electrons. The largest absolute Gasteiger partial charge is 0.384 e. The summed E-state index contributed by atoms with van der Waals surface area (Å²) in [7, 11) is -4.09. The number of nitrogens with two attached hydrogens (primary N) is 1. The molecule has 0 saturated carbocycles. The van der Waals surface area contributed by atoms with E-state index in [4.69, 9.17) is 10.3 Å². The van der Waals surface area contributed by atoms with Crippen LogP contribution >= 0.6 is 0 Å². The van der Waals surface area contributed by atoms with Crippen LogP contribution in [0, 0.1) is 0 Å². The minimum atomic E-state index is -4.09. The molecule has 1 atom stereocenters. The lowest BCUT2D eigenvalue weighted by Gasteiger charge is -2.23. The predicted molar refractivity (Wildman–Crippen MR) is 78.0 cm³/mol. The molecular weight excluding hydrogens is 266 g/mol. The zero-order chi connectivity index (χ0) is 14.9. The maximum atomic E-state index is 10.3. The van der Waals surface area contributed by atoms with Crippen molar-refractivity contribution in [3.63, 3.8) is 0 Å². The summed E-state index contributed by atoms with van der Waals surface area (Å²) >= 11 is 0. The van der Waals surface area contributed by atoms with Gasteiger partial charge in [-0.1, -0.05) is 32.4 Å². The van der Waals surface area contributed by atoms with Crippen molar-refractivity contribution in [2.24, 2.45) is 5.73 Å². The fourth-order valence-electron chi connectivity index (χ4n) is 1.26. The van der Waals surface area contributed by atoms with Gasteiger partial charge in [-0.15, -0.1) is 0 Å². The average Bonchev–Trinajstić information content (AvgIpc) is 2.26. The van der Waals surface area contributed by atoms with Gasteiger partial charge in [0, 0.05) is 24.3 Å². The lowest BCUT2D eigenvalue weighted by molar-refractivity contribution is 0.467. The van der Waals surface area contributed by atoms with E-state index in [1.807, 2.05) is 29.9 Å². The Morgan fingerprint density at radius 1 is 1.42 bits per heavy atom. The van der Waals surface area contributed by atoms with Crippen molar-refractivity contribution in [2.45, 2.75) is 39.2 Å². The molecule has 7 heteroatoms. The zero-order valence-electron chi connectivity index (χ0n) is 11.8. The van der Waals surface area contributed by atoms with Crippen LogP contribution in [0.2, 0.25) is 0 Å². The summed E-state index contributed by atoms with van der Waals surface area (Å²) in [6.45, 7) is 6.71. The first kappa shape index (κ1) is 18.1. The fourth-order valence-corrected chi connectivity index (χ4v) is 1.62. The Kier molecular flexibility index (Phi) is 7.93. The third kappa shape index (κ3) is 10.7. The molecule has 0 radical (unpaired) electrons. The van der Waals surface area contributed by atoms with Crippen molar-refractivity contribution < 1.29 is 13.0 Å². The van der Waals surface area contributed by atoms with Crippen molar-refractivity contribution >= 4 is 10.3 Å². The molecule has 1 unspecified atom stereocenters. The number of hydrogen-bond acceptors (Lipinski definition) is 4. The first-order valence-electron chi connectivity index (χ1n) is 6.34. The number of allylic oxidation sites excluding steroid dienone is 1. The highest BCUT2D eigenvalue weighted by atomic mass is 32.2. The van der Waals surface area contributed by atoms with Crippen LogP contribution < -0.4 is 15.8 Å². The predicted octanol–water partition coefficient (Wildman–Crippen LogP) is 0.946. The number of rotatable bonds is 5. The van der Waals surface area contributed by atoms with E-state index in [0.717, 1.165) is 12.1 Å². The van der Waals surface area contributed by atoms with Crippen molar-refractivity contribution in [1.82, 2.24) is 10.0 Å². The molecule has 0 aromatic carbocycles. The minimum absolute atomic E-state index is 0.129. The molecule has 5 N–H and O–H groups in total. The Bertz CT molecular complexity index is 414. The molecule has 0 fully saturated rings. The third-order valence-electron chi connectivity index (χ3n) is 2.14. The molecule has 0 aromatic rings. The van der Waals surface area contributed by atoms with Crippen LogP contribution in [0.5, 0.6) is 0 Å². The molecule has 0 heterocycles. The van der Waals surface area contributed by atoms with Gasteiger partial charge in [0.1, 0.15) is 0 Å². The highest BCUT2D eigenvalue weighted by Gasteiger charge is 2.15. The molecule has 1 aliphatic carbocycles. The van der Waals surface area contributed by atoms with Crippen molar-refractivity contribution in [3.05, 3.63) is 23.9 Å². The Morgan fingerprint density at radius 3 is 2.42 bits per heavy atom. The van der Waals surface area contributed by atoms with E-state index in [0.29, 0.717) is 6.54 Å². The molecule has 1 rings (SSSR count). The van der Waals surface area contributed by atoms with Gasteiger partial charge in [-0.2, -0.15) is 13.1 Å². The summed E-state index contributed by atoms with van der Waals surface area (Å²) in [6, 6.07) is 0. The van der Waals surface area contributed by atoms with Gasteiger partial charge in [-0.05, 0) is 19.4 Å². The van der Waals surface area contributed by atoms with E-state index >= 15 is 0 Å². The second-order valence-corrected chi connectivity index (χ2v) is 5.94. The Morgan fingerprint density at radius 2 is 2.00 bits per heavy atom. The van der Waals surface area contributed by atoms with Crippen molar-refractivity contribution in [2.75, 3.05) is 13.1 Å². The van der Waals surface area contributed by atoms with Gasteiger partial charge in [-0.3, -0.25) is 4.55 Å². The quantitative estimate of drug-likeness (QED) is 0.446. The van der Waals surface area contributed by atoms with Crippen molar-refractivity contribution in [3.8, 4) is 0 Å². The molecule has 0 amide bonds. The second-order valence-electron chi connectivity index (χ2n) is 4.71. The number of hydrogen-bond donors (Lipinski definition) is 4. The third-order valence-corrected chi connectivity index (χ3v) is 2.71. The molecule has 0 saturated heterocycles. The van der Waals surface area contributed by atoms with Gasteiger partial charge in [0.15, 0.2) is 0 Å². The molecule has 0 aromatic heterocycles. The van der Waals surface area contributed by atoms with Crippen LogP contribution in [0.15, 0.2) is 23.9 Å². The maximum Gasteiger partial charge on any atom is 0.333 e. The molecule has 1 aliphatic rings. The topological polar surface area (TPSA) is 104 Å². The fraction of sp³-hybridized carbons (Fsp3) is 0.667. The lowest BCUT2D eigenvalue weighted by Crippen LogP contribution is -2.36. The van der Waals surface area contributed by atoms with E-state index in [2.05, 4.69) is 19.2 Å². The minimum Gasteiger partial charge on any atom is -0.384 e. The van der Waals surface area contributed by atoms with E-state index in [-0.39, 0.29) is 12.1 Å². The Balaban J connectivity index is 0.000000982. The van der Waals surface area contributed by atoms with Crippen LogP contribution in [0.1, 0.15) is 33.6 Å². The summed E-state index contributed by atoms with van der Waals surface area (Å²) in [6.07, 6.45) is 7.69. The Hall–Kier alpha value is -0.890. The number of nitrogens with one attached hydrogen (secondary N) is 2. The van der Waals surface area contributed by atoms with E-state index < -0.39 is 10.3 Å². The molecule has 0 spiro atoms. The van der Waals surface area contributed by atoms with E-state index in [1.54, 1.807) is 0 Å². The summed E-state index contributed by atoms with van der Waals surface area (Å²) in [5, 5.41) is 3.01. The van der Waals surface area contributed by atoms with Crippen LogP contribution in [0.25, 0.3) is 0 Å². The smallest absolute Gasteiger partial charge is 0.333 e. The average molecular weight is 291 g/mol. The van der Waals surface area contributed by atoms with Crippen LogP contribution in [-0.4, -0.2) is 31.6 Å². The molecule has 19 heavy (non-hydrogen) atoms. The summed E-state index contributed by atoms with van der Waals surface area (Å²) in [4.78, 5) is 0. The highest BCUT2D eigenvalue weighted by molar-refractivity contribution is 7.83. The van der Waals surface area contributed by atoms with Gasteiger partial charge < -0.3 is 11.1 Å². The van der Waals surface area contributed by atoms with Gasteiger partial charge in [-0.25, -0.2) is 0 Å². The van der Waals surface area contributed by atoms with E-state index in [1.165, 1.54) is 6.42 Å². The van der Waals surface area contributed by atoms with E-state index in [9.17, 15) is 8.42 Å². The van der Waals surface area contributed by atoms with Crippen molar-refractivity contribution in [1.29, 1.82) is 0 Å². The van der Waals surface area contributed by atoms with Crippen LogP contribution in [0.3, 0.4) is 0 Å². The van der Waals surface area contributed by atoms with Gasteiger partial charge in [0.2, 0.25) is 0 Å². The summed E-state index contributed by atoms with van der Waals surface area (Å²) in [5.41, 5.74) is 6.46. The van der Waals surface area contributed by atoms with Gasteiger partial charge in [0.25, 0.3) is 0 Å². The monoisotopic (exact) mass is 291 g/mol. The lowest BCUT2D eigenvalue weighted by atomic mass is 9.94. The normalized spacial score (nSPS) is 22.3. The van der Waals surface area contributed by atoms with Gasteiger partial charge >= 0.3 is 10.3 Å². The molecule has 6 nitrogen and oxygen atoms in total. The second kappa shape index (κ2) is 8.31. The molecule has 0 bridgehead atoms. The summed E-state index contributed by atoms with van der Waals surface area (Å²) in [5.74, 6) is 0. The molecule has 0 aliphatic heterocycles. The molecular formula is C12H25N3O3S. The zero-order valence-corrected chi connectivity index (χ0v) is 12.6. The summed E-state index contributed by atoms with van der Waals surface area (Å²) < 4.78 is 31.1. The van der Waals surface area contributed by atoms with Gasteiger partial charge in [0.05, 0.1) is 0 Å². The maximum absolute atomic E-state index is 10.3.